The molecule has 0 aliphatic rings. The van der Waals surface area contributed by atoms with Gasteiger partial charge in [-0.15, -0.1) is 5.43 Å². The molecule has 33 heavy (non-hydrogen) atoms. The van der Waals surface area contributed by atoms with Gasteiger partial charge in [0.2, 0.25) is 0 Å². The number of benzene rings is 4. The predicted molar refractivity (Wildman–Crippen MR) is 130 cm³/mol. The molecular formula is C24H21N8O+. The molecule has 5 N–H and O–H groups in total. The summed E-state index contributed by atoms with van der Waals surface area (Å²) >= 11 is 0. The molecule has 0 saturated heterocycles. The second kappa shape index (κ2) is 9.92. The van der Waals surface area contributed by atoms with E-state index in [-0.39, 0.29) is 0 Å². The van der Waals surface area contributed by atoms with Crippen LogP contribution in [0.25, 0.3) is 0 Å². The lowest BCUT2D eigenvalue weighted by Crippen LogP contribution is -2.09. The van der Waals surface area contributed by atoms with Crippen molar-refractivity contribution in [2.45, 2.75) is 0 Å². The Morgan fingerprint density at radius 2 is 0.848 bits per heavy atom. The maximum atomic E-state index is 12.3. The Bertz CT molecular complexity index is 1280. The van der Waals surface area contributed by atoms with Gasteiger partial charge in [-0.1, -0.05) is 0 Å². The van der Waals surface area contributed by atoms with Gasteiger partial charge in [0.25, 0.3) is 5.69 Å². The van der Waals surface area contributed by atoms with Crippen LogP contribution in [0.1, 0.15) is 0 Å². The lowest BCUT2D eigenvalue weighted by Gasteiger charge is -1.99. The fourth-order valence-corrected chi connectivity index (χ4v) is 2.75. The first-order valence-electron chi connectivity index (χ1n) is 10.0. The van der Waals surface area contributed by atoms with E-state index in [0.717, 1.165) is 5.69 Å². The normalized spacial score (nSPS) is 11.2. The van der Waals surface area contributed by atoms with E-state index >= 15 is 0 Å². The smallest absolute Gasteiger partial charge is 0.292 e. The fourth-order valence-electron chi connectivity index (χ4n) is 2.75. The summed E-state index contributed by atoms with van der Waals surface area (Å²) in [4.78, 5) is 12.9. The molecule has 0 spiro atoms. The van der Waals surface area contributed by atoms with E-state index < -0.39 is 0 Å². The Balaban J connectivity index is 1.35. The fraction of sp³-hybridized carbons (Fsp3) is 0. The van der Waals surface area contributed by atoms with Gasteiger partial charge in [0.15, 0.2) is 4.87 Å². The lowest BCUT2D eigenvalue weighted by atomic mass is 10.3. The van der Waals surface area contributed by atoms with Crippen LogP contribution in [-0.2, 0) is 0 Å². The van der Waals surface area contributed by atoms with Crippen molar-refractivity contribution in [3.63, 3.8) is 0 Å². The van der Waals surface area contributed by atoms with Gasteiger partial charge < -0.3 is 11.5 Å². The number of hydrazine groups is 1. The molecule has 0 unspecified atom stereocenters. The third-order valence-electron chi connectivity index (χ3n) is 4.53. The highest BCUT2D eigenvalue weighted by atomic mass is 16.3. The molecule has 0 fully saturated rings. The summed E-state index contributed by atoms with van der Waals surface area (Å²) in [6.07, 6.45) is 0. The van der Waals surface area contributed by atoms with Crippen molar-refractivity contribution in [3.8, 4) is 0 Å². The monoisotopic (exact) mass is 437 g/mol. The van der Waals surface area contributed by atoms with Crippen LogP contribution in [0, 0.1) is 4.91 Å². The number of nitrogens with one attached hydrogen (secondary N) is 1. The third-order valence-corrected chi connectivity index (χ3v) is 4.53. The molecule has 0 atom stereocenters. The summed E-state index contributed by atoms with van der Waals surface area (Å²) in [5.74, 6) is 0. The molecule has 0 aliphatic carbocycles. The molecule has 9 nitrogen and oxygen atoms in total. The van der Waals surface area contributed by atoms with Crippen molar-refractivity contribution in [2.24, 2.45) is 20.5 Å². The largest absolute Gasteiger partial charge is 0.399 e. The number of hydrogen-bond donors (Lipinski definition) is 3. The quantitative estimate of drug-likeness (QED) is 0.123. The maximum Gasteiger partial charge on any atom is 0.292 e. The lowest BCUT2D eigenvalue weighted by molar-refractivity contribution is -0.427. The highest BCUT2D eigenvalue weighted by molar-refractivity contribution is 5.52. The number of anilines is 3. The van der Waals surface area contributed by atoms with E-state index in [0.29, 0.717) is 44.7 Å². The summed E-state index contributed by atoms with van der Waals surface area (Å²) in [6, 6.07) is 28.0. The summed E-state index contributed by atoms with van der Waals surface area (Å²) in [5.41, 5.74) is 19.1. The van der Waals surface area contributed by atoms with E-state index in [4.69, 9.17) is 11.5 Å². The van der Waals surface area contributed by atoms with E-state index in [9.17, 15) is 4.91 Å². The van der Waals surface area contributed by atoms with Crippen molar-refractivity contribution in [2.75, 3.05) is 16.9 Å². The van der Waals surface area contributed by atoms with Gasteiger partial charge in [0.05, 0.1) is 27.7 Å². The second-order valence-corrected chi connectivity index (χ2v) is 7.05. The summed E-state index contributed by atoms with van der Waals surface area (Å²) in [6.45, 7) is 0. The van der Waals surface area contributed by atoms with Crippen molar-refractivity contribution in [3.05, 3.63) is 102 Å². The van der Waals surface area contributed by atoms with Gasteiger partial charge in [-0.05, 0) is 84.9 Å². The van der Waals surface area contributed by atoms with Crippen LogP contribution >= 0.6 is 0 Å². The molecule has 0 amide bonds. The molecule has 0 saturated carbocycles. The number of nitrogen functional groups attached to an aromatic ring is 2. The first kappa shape index (κ1) is 21.3. The van der Waals surface area contributed by atoms with Crippen LogP contribution < -0.4 is 16.9 Å². The number of azo groups is 2. The minimum absolute atomic E-state index is 0.432. The Hall–Kier alpha value is -4.92. The molecule has 4 rings (SSSR count). The van der Waals surface area contributed by atoms with Crippen molar-refractivity contribution in [1.82, 2.24) is 0 Å². The number of nitroso groups, excluding NO2 is 1. The topological polar surface area (TPSA) is 134 Å². The third kappa shape index (κ3) is 6.05. The van der Waals surface area contributed by atoms with E-state index in [1.54, 1.807) is 97.1 Å². The number of nitrogens with zero attached hydrogens (tertiary/aromatic N) is 5. The number of nitrogens with two attached hydrogens (primary N) is 2. The van der Waals surface area contributed by atoms with Gasteiger partial charge in [-0.25, -0.2) is 0 Å². The Labute approximate surface area is 190 Å². The van der Waals surface area contributed by atoms with Crippen LogP contribution in [0.2, 0.25) is 0 Å². The minimum Gasteiger partial charge on any atom is -0.399 e. The van der Waals surface area contributed by atoms with E-state index in [2.05, 4.69) is 25.9 Å². The molecule has 0 bridgehead atoms. The average Bonchev–Trinajstić information content (AvgIpc) is 2.85. The summed E-state index contributed by atoms with van der Waals surface area (Å²) in [5, 5.41) is 16.8. The zero-order valence-electron chi connectivity index (χ0n) is 17.5. The van der Waals surface area contributed by atoms with Crippen molar-refractivity contribution < 1.29 is 4.87 Å². The van der Waals surface area contributed by atoms with Crippen LogP contribution in [-0.4, -0.2) is 4.87 Å². The molecule has 4 aromatic rings. The highest BCUT2D eigenvalue weighted by Gasteiger charge is 2.13. The molecular weight excluding hydrogens is 416 g/mol. The zero-order chi connectivity index (χ0) is 23.0. The second-order valence-electron chi connectivity index (χ2n) is 7.05. The first-order valence-corrected chi connectivity index (χ1v) is 10.0. The predicted octanol–water partition coefficient (Wildman–Crippen LogP) is 7.12. The first-order chi connectivity index (χ1) is 16.0. The van der Waals surface area contributed by atoms with Crippen LogP contribution in [0.5, 0.6) is 0 Å². The molecule has 162 valence electrons. The van der Waals surface area contributed by atoms with Gasteiger partial charge >= 0.3 is 0 Å². The highest BCUT2D eigenvalue weighted by Crippen LogP contribution is 2.25. The maximum absolute atomic E-state index is 12.3. The van der Waals surface area contributed by atoms with Gasteiger partial charge in [0, 0.05) is 23.5 Å². The van der Waals surface area contributed by atoms with Crippen molar-refractivity contribution >= 4 is 45.5 Å². The van der Waals surface area contributed by atoms with Crippen LogP contribution in [0.4, 0.5) is 45.5 Å². The number of rotatable bonds is 7. The molecule has 4 aromatic carbocycles. The van der Waals surface area contributed by atoms with E-state index in [1.807, 2.05) is 0 Å². The summed E-state index contributed by atoms with van der Waals surface area (Å²) in [7, 11) is 0. The summed E-state index contributed by atoms with van der Waals surface area (Å²) < 4.78 is 0. The SMILES string of the molecule is Nc1ccc(N=Nc2ccc(N=Nc3ccc([N+](=O)Nc4ccc(N)cc4)cc3)cc2)cc1. The molecule has 0 aliphatic heterocycles. The Morgan fingerprint density at radius 3 is 1.27 bits per heavy atom. The van der Waals surface area contributed by atoms with Gasteiger partial charge in [-0.2, -0.15) is 20.5 Å². The van der Waals surface area contributed by atoms with E-state index in [1.165, 1.54) is 0 Å². The van der Waals surface area contributed by atoms with Gasteiger partial charge in [-0.3, -0.25) is 0 Å². The zero-order valence-corrected chi connectivity index (χ0v) is 17.5. The van der Waals surface area contributed by atoms with Crippen LogP contribution in [0.15, 0.2) is 118 Å². The molecule has 9 heteroatoms. The number of hydrogen-bond acceptors (Lipinski definition) is 7. The molecule has 0 radical (unpaired) electrons. The van der Waals surface area contributed by atoms with Gasteiger partial charge in [0.1, 0.15) is 5.69 Å². The molecule has 0 heterocycles. The van der Waals surface area contributed by atoms with Crippen LogP contribution in [0.3, 0.4) is 0 Å². The standard InChI is InChI=1S/C24H21N8O/c25-17-1-5-19(6-2-17)27-28-20-9-11-21(12-10-20)29-30-22-13-15-24(16-14-22)32(33)31-23-7-3-18(26)4-8-23/h1-16H,25-26H2,(H,31,33)/q+1. The minimum atomic E-state index is 0.432. The Morgan fingerprint density at radius 1 is 0.515 bits per heavy atom. The molecule has 0 aromatic heterocycles. The van der Waals surface area contributed by atoms with Crippen molar-refractivity contribution in [1.29, 1.82) is 0 Å². The average molecular weight is 437 g/mol. The Kier molecular flexibility index (Phi) is 6.41.